The Balaban J connectivity index is 1.61. The number of thiazole rings is 1. The Morgan fingerprint density at radius 1 is 1.39 bits per heavy atom. The van der Waals surface area contributed by atoms with Gasteiger partial charge in [0.15, 0.2) is 5.13 Å². The Morgan fingerprint density at radius 3 is 3.13 bits per heavy atom. The number of fused-ring (bicyclic) bond motifs is 1. The SMILES string of the molecule is Cc1cnc(NC(=O)C2CCCN2c2ncnc3sccc23)s1. The number of nitrogens with zero attached hydrogens (tertiary/aromatic N) is 4. The van der Waals surface area contributed by atoms with Crippen molar-refractivity contribution in [2.24, 2.45) is 0 Å². The molecule has 6 nitrogen and oxygen atoms in total. The molecular formula is C15H15N5OS2. The molecule has 3 aromatic heterocycles. The predicted molar refractivity (Wildman–Crippen MR) is 93.3 cm³/mol. The lowest BCUT2D eigenvalue weighted by Gasteiger charge is -2.24. The van der Waals surface area contributed by atoms with Gasteiger partial charge in [-0.1, -0.05) is 0 Å². The molecule has 23 heavy (non-hydrogen) atoms. The Labute approximate surface area is 141 Å². The Bertz CT molecular complexity index is 858. The van der Waals surface area contributed by atoms with Crippen molar-refractivity contribution in [2.75, 3.05) is 16.8 Å². The number of thiophene rings is 1. The van der Waals surface area contributed by atoms with E-state index in [9.17, 15) is 4.79 Å². The van der Waals surface area contributed by atoms with Gasteiger partial charge < -0.3 is 10.2 Å². The van der Waals surface area contributed by atoms with Crippen molar-refractivity contribution in [1.82, 2.24) is 15.0 Å². The second kappa shape index (κ2) is 5.86. The maximum absolute atomic E-state index is 12.7. The number of amides is 1. The molecule has 0 saturated carbocycles. The van der Waals surface area contributed by atoms with Crippen LogP contribution in [0.4, 0.5) is 10.9 Å². The summed E-state index contributed by atoms with van der Waals surface area (Å²) in [5, 5.41) is 6.61. The topological polar surface area (TPSA) is 71.0 Å². The Kier molecular flexibility index (Phi) is 3.70. The number of aryl methyl sites for hydroxylation is 1. The van der Waals surface area contributed by atoms with Gasteiger partial charge in [0.2, 0.25) is 5.91 Å². The summed E-state index contributed by atoms with van der Waals surface area (Å²) in [5.41, 5.74) is 0. The maximum Gasteiger partial charge on any atom is 0.248 e. The summed E-state index contributed by atoms with van der Waals surface area (Å²) in [6.45, 7) is 2.81. The van der Waals surface area contributed by atoms with Crippen LogP contribution in [-0.4, -0.2) is 33.4 Å². The highest BCUT2D eigenvalue weighted by Crippen LogP contribution is 2.32. The molecule has 1 saturated heterocycles. The molecule has 0 aromatic carbocycles. The van der Waals surface area contributed by atoms with E-state index in [0.717, 1.165) is 40.3 Å². The van der Waals surface area contributed by atoms with Crippen LogP contribution < -0.4 is 10.2 Å². The maximum atomic E-state index is 12.7. The van der Waals surface area contributed by atoms with Gasteiger partial charge in [-0.3, -0.25) is 4.79 Å². The van der Waals surface area contributed by atoms with E-state index in [1.165, 1.54) is 11.3 Å². The lowest BCUT2D eigenvalue weighted by Crippen LogP contribution is -2.40. The van der Waals surface area contributed by atoms with E-state index in [2.05, 4.69) is 25.2 Å². The lowest BCUT2D eigenvalue weighted by atomic mass is 10.2. The highest BCUT2D eigenvalue weighted by molar-refractivity contribution is 7.16. The first kappa shape index (κ1) is 14.5. The quantitative estimate of drug-likeness (QED) is 0.790. The van der Waals surface area contributed by atoms with Gasteiger partial charge in [-0.15, -0.1) is 22.7 Å². The Morgan fingerprint density at radius 2 is 2.30 bits per heavy atom. The monoisotopic (exact) mass is 345 g/mol. The van der Waals surface area contributed by atoms with E-state index in [4.69, 9.17) is 0 Å². The van der Waals surface area contributed by atoms with Crippen molar-refractivity contribution >= 4 is 49.7 Å². The molecule has 1 aliphatic rings. The first-order valence-corrected chi connectivity index (χ1v) is 9.10. The summed E-state index contributed by atoms with van der Waals surface area (Å²) in [7, 11) is 0. The fraction of sp³-hybridized carbons (Fsp3) is 0.333. The molecule has 4 heterocycles. The molecule has 8 heteroatoms. The summed E-state index contributed by atoms with van der Waals surface area (Å²) < 4.78 is 0. The highest BCUT2D eigenvalue weighted by atomic mass is 32.1. The van der Waals surface area contributed by atoms with Crippen LogP contribution in [0.3, 0.4) is 0 Å². The number of carbonyl (C=O) groups excluding carboxylic acids is 1. The van der Waals surface area contributed by atoms with Crippen LogP contribution >= 0.6 is 22.7 Å². The summed E-state index contributed by atoms with van der Waals surface area (Å²) >= 11 is 3.08. The van der Waals surface area contributed by atoms with Crippen LogP contribution in [0.15, 0.2) is 24.0 Å². The van der Waals surface area contributed by atoms with E-state index in [1.54, 1.807) is 23.9 Å². The van der Waals surface area contributed by atoms with Crippen LogP contribution in [-0.2, 0) is 4.79 Å². The minimum atomic E-state index is -0.211. The van der Waals surface area contributed by atoms with Crippen LogP contribution in [0.25, 0.3) is 10.2 Å². The van der Waals surface area contributed by atoms with E-state index in [0.29, 0.717) is 5.13 Å². The summed E-state index contributed by atoms with van der Waals surface area (Å²) in [6, 6.07) is 1.81. The van der Waals surface area contributed by atoms with Crippen molar-refractivity contribution < 1.29 is 4.79 Å². The molecular weight excluding hydrogens is 330 g/mol. The van der Waals surface area contributed by atoms with Gasteiger partial charge in [0.05, 0.1) is 5.39 Å². The predicted octanol–water partition coefficient (Wildman–Crippen LogP) is 3.06. The van der Waals surface area contributed by atoms with Gasteiger partial charge in [0, 0.05) is 17.6 Å². The molecule has 1 aliphatic heterocycles. The van der Waals surface area contributed by atoms with Gasteiger partial charge in [0.1, 0.15) is 23.0 Å². The first-order chi connectivity index (χ1) is 11.2. The third-order valence-electron chi connectivity index (χ3n) is 3.92. The van der Waals surface area contributed by atoms with Crippen LogP contribution in [0.5, 0.6) is 0 Å². The number of hydrogen-bond donors (Lipinski definition) is 1. The minimum Gasteiger partial charge on any atom is -0.344 e. The fourth-order valence-electron chi connectivity index (χ4n) is 2.90. The van der Waals surface area contributed by atoms with E-state index >= 15 is 0 Å². The average molecular weight is 345 g/mol. The zero-order chi connectivity index (χ0) is 15.8. The number of nitrogens with one attached hydrogen (secondary N) is 1. The minimum absolute atomic E-state index is 0.0150. The molecule has 0 aliphatic carbocycles. The van der Waals surface area contributed by atoms with Gasteiger partial charge in [-0.2, -0.15) is 0 Å². The zero-order valence-corrected chi connectivity index (χ0v) is 14.2. The van der Waals surface area contributed by atoms with Crippen LogP contribution in [0.1, 0.15) is 17.7 Å². The smallest absolute Gasteiger partial charge is 0.248 e. The van der Waals surface area contributed by atoms with Gasteiger partial charge in [0.25, 0.3) is 0 Å². The van der Waals surface area contributed by atoms with Gasteiger partial charge in [-0.05, 0) is 31.2 Å². The van der Waals surface area contributed by atoms with Crippen LogP contribution in [0, 0.1) is 6.92 Å². The first-order valence-electron chi connectivity index (χ1n) is 7.40. The third kappa shape index (κ3) is 2.68. The number of carbonyl (C=O) groups is 1. The largest absolute Gasteiger partial charge is 0.344 e. The van der Waals surface area contributed by atoms with Crippen LogP contribution in [0.2, 0.25) is 0 Å². The van der Waals surface area contributed by atoms with E-state index in [-0.39, 0.29) is 11.9 Å². The molecule has 4 rings (SSSR count). The normalized spacial score (nSPS) is 17.8. The van der Waals surface area contributed by atoms with Gasteiger partial charge in [-0.25, -0.2) is 15.0 Å². The molecule has 1 fully saturated rings. The number of rotatable bonds is 3. The van der Waals surface area contributed by atoms with E-state index in [1.807, 2.05) is 18.4 Å². The number of aromatic nitrogens is 3. The molecule has 0 bridgehead atoms. The number of hydrogen-bond acceptors (Lipinski definition) is 7. The molecule has 1 N–H and O–H groups in total. The molecule has 3 aromatic rings. The molecule has 0 radical (unpaired) electrons. The summed E-state index contributed by atoms with van der Waals surface area (Å²) in [5.74, 6) is 0.836. The number of anilines is 2. The summed E-state index contributed by atoms with van der Waals surface area (Å²) in [6.07, 6.45) is 5.15. The van der Waals surface area contributed by atoms with Crippen molar-refractivity contribution in [3.8, 4) is 0 Å². The molecule has 118 valence electrons. The Hall–Kier alpha value is -2.06. The lowest BCUT2D eigenvalue weighted by molar-refractivity contribution is -0.117. The molecule has 1 atom stereocenters. The fourth-order valence-corrected chi connectivity index (χ4v) is 4.29. The van der Waals surface area contributed by atoms with Crippen molar-refractivity contribution in [2.45, 2.75) is 25.8 Å². The average Bonchev–Trinajstić information content (AvgIpc) is 3.26. The second-order valence-electron chi connectivity index (χ2n) is 5.45. The van der Waals surface area contributed by atoms with E-state index < -0.39 is 0 Å². The highest BCUT2D eigenvalue weighted by Gasteiger charge is 2.33. The third-order valence-corrected chi connectivity index (χ3v) is 5.57. The molecule has 1 amide bonds. The second-order valence-corrected chi connectivity index (χ2v) is 7.58. The summed E-state index contributed by atoms with van der Waals surface area (Å²) in [4.78, 5) is 29.7. The van der Waals surface area contributed by atoms with Crippen molar-refractivity contribution in [3.63, 3.8) is 0 Å². The standard InChI is InChI=1S/C15H15N5OS2/c1-9-7-16-15(23-9)19-13(21)11-3-2-5-20(11)12-10-4-6-22-14(10)18-8-17-12/h4,6-8,11H,2-3,5H2,1H3,(H,16,19,21). The molecule has 1 unspecified atom stereocenters. The van der Waals surface area contributed by atoms with Gasteiger partial charge >= 0.3 is 0 Å². The van der Waals surface area contributed by atoms with Crippen molar-refractivity contribution in [1.29, 1.82) is 0 Å². The molecule has 0 spiro atoms. The van der Waals surface area contributed by atoms with Crippen molar-refractivity contribution in [3.05, 3.63) is 28.8 Å². The zero-order valence-electron chi connectivity index (χ0n) is 12.5.